The molecule has 2 aliphatic heterocycles. The lowest BCUT2D eigenvalue weighted by molar-refractivity contribution is 1.16. The van der Waals surface area contributed by atoms with Gasteiger partial charge in [-0.15, -0.1) is 11.3 Å². The van der Waals surface area contributed by atoms with E-state index in [-0.39, 0.29) is 6.71 Å². The Bertz CT molecular complexity index is 6400. The summed E-state index contributed by atoms with van der Waals surface area (Å²) in [5.41, 5.74) is 29.9. The first kappa shape index (κ1) is 58.9. The molecule has 4 heterocycles. The highest BCUT2D eigenvalue weighted by atomic mass is 32.1. The van der Waals surface area contributed by atoms with Crippen molar-refractivity contribution in [3.05, 3.63) is 376 Å². The molecular weight excluding hydrogens is 1260 g/mol. The number of benzene rings is 17. The Kier molecular flexibility index (Phi) is 13.6. The molecule has 0 radical (unpaired) electrons. The number of fused-ring (bicyclic) bond motifs is 12. The lowest BCUT2D eigenvalue weighted by Crippen LogP contribution is -2.61. The predicted octanol–water partition coefficient (Wildman–Crippen LogP) is 25.2. The van der Waals surface area contributed by atoms with Gasteiger partial charge in [-0.05, 0) is 142 Å². The zero-order valence-electron chi connectivity index (χ0n) is 56.1. The minimum atomic E-state index is -0.259. The van der Waals surface area contributed by atoms with Crippen LogP contribution in [0.1, 0.15) is 0 Å². The van der Waals surface area contributed by atoms with Gasteiger partial charge in [0, 0.05) is 75.9 Å². The number of rotatable bonds is 10. The Morgan fingerprint density at radius 2 is 0.573 bits per heavy atom. The van der Waals surface area contributed by atoms with Crippen LogP contribution in [0.25, 0.3) is 147 Å². The molecule has 0 atom stereocenters. The maximum atomic E-state index is 2.71. The summed E-state index contributed by atoms with van der Waals surface area (Å²) in [5, 5.41) is 9.85. The highest BCUT2D eigenvalue weighted by molar-refractivity contribution is 7.25. The molecule has 0 aliphatic carbocycles. The molecule has 0 fully saturated rings. The van der Waals surface area contributed by atoms with E-state index in [0.717, 1.165) is 106 Å². The molecule has 0 bridgehead atoms. The van der Waals surface area contributed by atoms with Crippen molar-refractivity contribution in [1.82, 2.24) is 4.57 Å². The number of anilines is 6. The van der Waals surface area contributed by atoms with Crippen LogP contribution in [-0.4, -0.2) is 11.3 Å². The molecule has 0 saturated heterocycles. The van der Waals surface area contributed by atoms with E-state index in [4.69, 9.17) is 0 Å². The van der Waals surface area contributed by atoms with E-state index in [9.17, 15) is 0 Å². The topological polar surface area (TPSA) is 11.4 Å². The van der Waals surface area contributed by atoms with E-state index in [1.54, 1.807) is 0 Å². The number of hydrogen-bond donors (Lipinski definition) is 0. The van der Waals surface area contributed by atoms with Gasteiger partial charge in [-0.1, -0.05) is 328 Å². The largest absolute Gasteiger partial charge is 0.310 e. The third kappa shape index (κ3) is 9.30. The van der Waals surface area contributed by atoms with Crippen molar-refractivity contribution in [1.29, 1.82) is 0 Å². The fraction of sp³-hybridized carbons (Fsp3) is 0. The van der Waals surface area contributed by atoms with Gasteiger partial charge in [-0.3, -0.25) is 0 Å². The Morgan fingerprint density at radius 3 is 1.04 bits per heavy atom. The van der Waals surface area contributed by atoms with Gasteiger partial charge in [0.15, 0.2) is 0 Å². The molecule has 5 heteroatoms. The van der Waals surface area contributed by atoms with E-state index in [1.807, 2.05) is 11.3 Å². The second kappa shape index (κ2) is 23.8. The molecule has 0 spiro atoms. The van der Waals surface area contributed by atoms with Gasteiger partial charge in [-0.25, -0.2) is 0 Å². The average molecular weight is 1320 g/mol. The van der Waals surface area contributed by atoms with Crippen LogP contribution in [0.4, 0.5) is 34.1 Å². The van der Waals surface area contributed by atoms with Gasteiger partial charge < -0.3 is 14.4 Å². The second-order valence-corrected chi connectivity index (χ2v) is 28.4. The lowest BCUT2D eigenvalue weighted by Gasteiger charge is -2.46. The molecule has 21 rings (SSSR count). The van der Waals surface area contributed by atoms with Crippen LogP contribution in [0.5, 0.6) is 0 Å². The number of aromatic nitrogens is 1. The van der Waals surface area contributed by atoms with Crippen molar-refractivity contribution in [2.45, 2.75) is 0 Å². The summed E-state index contributed by atoms with van der Waals surface area (Å²) in [7, 11) is 0. The summed E-state index contributed by atoms with van der Waals surface area (Å²) in [6, 6.07) is 141. The van der Waals surface area contributed by atoms with Crippen molar-refractivity contribution >= 4 is 132 Å². The van der Waals surface area contributed by atoms with Gasteiger partial charge in [0.1, 0.15) is 0 Å². The first-order valence-electron chi connectivity index (χ1n) is 35.6. The zero-order valence-corrected chi connectivity index (χ0v) is 56.9. The van der Waals surface area contributed by atoms with Crippen molar-refractivity contribution in [3.63, 3.8) is 0 Å². The molecule has 0 amide bonds. The van der Waals surface area contributed by atoms with E-state index >= 15 is 0 Å². The van der Waals surface area contributed by atoms with Gasteiger partial charge in [0.2, 0.25) is 0 Å². The average Bonchev–Trinajstić information content (AvgIpc) is 0.928. The predicted molar refractivity (Wildman–Crippen MR) is 441 cm³/mol. The Labute approximate surface area is 602 Å². The van der Waals surface area contributed by atoms with Crippen LogP contribution in [0.15, 0.2) is 376 Å². The second-order valence-electron chi connectivity index (χ2n) is 27.3. The highest BCUT2D eigenvalue weighted by Crippen LogP contribution is 2.55. The fourth-order valence-corrected chi connectivity index (χ4v) is 18.5. The van der Waals surface area contributed by atoms with Crippen molar-refractivity contribution in [2.24, 2.45) is 0 Å². The number of thiophene rings is 1. The summed E-state index contributed by atoms with van der Waals surface area (Å²) >= 11 is 1.87. The number of hydrogen-bond acceptors (Lipinski definition) is 3. The Hall–Kier alpha value is -13.1. The van der Waals surface area contributed by atoms with Gasteiger partial charge in [0.05, 0.1) is 28.1 Å². The molecule has 0 saturated carbocycles. The number of para-hydroxylation sites is 4. The maximum Gasteiger partial charge on any atom is 0.252 e. The Morgan fingerprint density at radius 1 is 0.223 bits per heavy atom. The lowest BCUT2D eigenvalue weighted by atomic mass is 9.33. The van der Waals surface area contributed by atoms with Crippen LogP contribution in [0.3, 0.4) is 0 Å². The van der Waals surface area contributed by atoms with Crippen LogP contribution in [0, 0.1) is 0 Å². The summed E-state index contributed by atoms with van der Waals surface area (Å²) in [4.78, 5) is 5.40. The van der Waals surface area contributed by atoms with E-state index < -0.39 is 0 Å². The van der Waals surface area contributed by atoms with Crippen LogP contribution in [0.2, 0.25) is 0 Å². The van der Waals surface area contributed by atoms with Crippen LogP contribution < -0.4 is 26.2 Å². The molecule has 103 heavy (non-hydrogen) atoms. The van der Waals surface area contributed by atoms with Crippen molar-refractivity contribution in [2.75, 3.05) is 9.80 Å². The first-order valence-corrected chi connectivity index (χ1v) is 36.4. The van der Waals surface area contributed by atoms with Gasteiger partial charge in [-0.2, -0.15) is 0 Å². The molecule has 2 aliphatic rings. The summed E-state index contributed by atoms with van der Waals surface area (Å²) in [6.07, 6.45) is 0. The molecular formula is C98H62BN3S. The molecule has 17 aromatic carbocycles. The highest BCUT2D eigenvalue weighted by Gasteiger charge is 2.46. The third-order valence-corrected chi connectivity index (χ3v) is 22.9. The molecule has 3 nitrogen and oxygen atoms in total. The Balaban J connectivity index is 0.943. The monoisotopic (exact) mass is 1320 g/mol. The molecule has 0 unspecified atom stereocenters. The summed E-state index contributed by atoms with van der Waals surface area (Å²) in [5.74, 6) is 0. The normalized spacial score (nSPS) is 12.4. The van der Waals surface area contributed by atoms with Crippen LogP contribution in [-0.2, 0) is 0 Å². The fourth-order valence-electron chi connectivity index (χ4n) is 17.4. The standard InChI is InChI=1S/C98H62BN3S/c1-6-28-63(29-7-1)72-45-26-46-73(64-30-8-2-9-31-64)97(72)101-88-58-68(69-52-55-79-78-40-22-25-51-92(78)103-93(79)60-69)53-56-84(88)99-85-57-54-70(95-82-43-18-16-41-80(82)94(67-36-14-5-15-37-67)81-42-17-19-44-83(81)95)59-89(85)102(98-74(65-32-10-3-11-33-65)47-27-48-75(98)66-34-12-4-13-35-66)91-62-71(61-90(101)96(91)99)100-86-49-23-20-38-76(86)77-39-21-24-50-87(77)100/h1-62H. The minimum absolute atomic E-state index is 0.259. The van der Waals surface area contributed by atoms with E-state index in [1.165, 1.54) is 91.1 Å². The first-order chi connectivity index (χ1) is 51.1. The molecule has 2 aromatic heterocycles. The minimum Gasteiger partial charge on any atom is -0.310 e. The molecule has 0 N–H and O–H groups in total. The molecule has 19 aromatic rings. The third-order valence-electron chi connectivity index (χ3n) is 21.7. The van der Waals surface area contributed by atoms with Crippen molar-refractivity contribution < 1.29 is 0 Å². The van der Waals surface area contributed by atoms with E-state index in [0.29, 0.717) is 0 Å². The molecule has 478 valence electrons. The maximum absolute atomic E-state index is 2.71. The smallest absolute Gasteiger partial charge is 0.252 e. The van der Waals surface area contributed by atoms with E-state index in [2.05, 4.69) is 390 Å². The SMILES string of the molecule is c1ccc(-c2cccc(-c3ccccc3)c2N2c3cc(-c4ccc5c(c4)sc4ccccc45)ccc3B3c4ccc(-c5c6ccccc6c(-c6ccccc6)c6ccccc56)cc4N(c4c(-c5ccccc5)cccc4-c4ccccc4)c4cc(-n5c6ccccc6c6ccccc65)cc2c43)cc1. The van der Waals surface area contributed by atoms with Crippen molar-refractivity contribution in [3.8, 4) is 83.6 Å². The summed E-state index contributed by atoms with van der Waals surface area (Å²) in [6.45, 7) is -0.259. The quantitative estimate of drug-likeness (QED) is 0.0999. The van der Waals surface area contributed by atoms with Crippen LogP contribution >= 0.6 is 11.3 Å². The van der Waals surface area contributed by atoms with Gasteiger partial charge in [0.25, 0.3) is 6.71 Å². The zero-order chi connectivity index (χ0) is 67.6. The summed E-state index contributed by atoms with van der Waals surface area (Å²) < 4.78 is 5.11. The number of nitrogens with zero attached hydrogens (tertiary/aromatic N) is 3. The van der Waals surface area contributed by atoms with Gasteiger partial charge >= 0.3 is 0 Å².